The lowest BCUT2D eigenvalue weighted by Gasteiger charge is -2.15. The van der Waals surface area contributed by atoms with Gasteiger partial charge in [0.25, 0.3) is 0 Å². The number of ether oxygens (including phenoxy) is 2. The summed E-state index contributed by atoms with van der Waals surface area (Å²) in [5, 5.41) is 6.11. The number of hydrogen-bond acceptors (Lipinski definition) is 3. The number of methoxy groups -OCH3 is 1. The van der Waals surface area contributed by atoms with Crippen molar-refractivity contribution >= 4 is 5.96 Å². The van der Waals surface area contributed by atoms with E-state index in [-0.39, 0.29) is 12.3 Å². The Morgan fingerprint density at radius 2 is 1.59 bits per heavy atom. The fourth-order valence-electron chi connectivity index (χ4n) is 2.38. The Balaban J connectivity index is 1.91. The van der Waals surface area contributed by atoms with Gasteiger partial charge in [-0.15, -0.1) is 13.2 Å². The van der Waals surface area contributed by atoms with Gasteiger partial charge in [0.05, 0.1) is 6.61 Å². The molecule has 0 bridgehead atoms. The molecule has 0 aliphatic carbocycles. The third kappa shape index (κ3) is 7.18. The highest BCUT2D eigenvalue weighted by Gasteiger charge is 2.31. The van der Waals surface area contributed by atoms with E-state index in [1.807, 2.05) is 24.3 Å². The molecule has 0 radical (unpaired) electrons. The Bertz CT molecular complexity index is 747. The second-order valence-corrected chi connectivity index (χ2v) is 5.68. The molecule has 0 heterocycles. The highest BCUT2D eigenvalue weighted by molar-refractivity contribution is 5.79. The lowest BCUT2D eigenvalue weighted by molar-refractivity contribution is -0.274. The molecule has 0 unspecified atom stereocenters. The summed E-state index contributed by atoms with van der Waals surface area (Å²) in [6.45, 7) is 1.21. The van der Waals surface area contributed by atoms with Gasteiger partial charge in [-0.05, 0) is 17.2 Å². The topological polar surface area (TPSA) is 54.9 Å². The van der Waals surface area contributed by atoms with Gasteiger partial charge in [-0.2, -0.15) is 0 Å². The van der Waals surface area contributed by atoms with Crippen LogP contribution in [0.25, 0.3) is 0 Å². The normalized spacial score (nSPS) is 12.0. The monoisotopic (exact) mass is 381 g/mol. The highest BCUT2D eigenvalue weighted by atomic mass is 19.4. The molecule has 0 aliphatic rings. The van der Waals surface area contributed by atoms with Crippen molar-refractivity contribution in [2.75, 3.05) is 14.2 Å². The summed E-state index contributed by atoms with van der Waals surface area (Å²) < 4.78 is 46.6. The fourth-order valence-corrected chi connectivity index (χ4v) is 2.38. The molecule has 0 aliphatic heterocycles. The molecule has 0 fully saturated rings. The van der Waals surface area contributed by atoms with Crippen LogP contribution in [0.3, 0.4) is 0 Å². The van der Waals surface area contributed by atoms with E-state index >= 15 is 0 Å². The van der Waals surface area contributed by atoms with Gasteiger partial charge < -0.3 is 20.1 Å². The average molecular weight is 381 g/mol. The molecular weight excluding hydrogens is 359 g/mol. The van der Waals surface area contributed by atoms with Crippen LogP contribution in [0.2, 0.25) is 0 Å². The van der Waals surface area contributed by atoms with Gasteiger partial charge in [-0.25, -0.2) is 0 Å². The van der Waals surface area contributed by atoms with Gasteiger partial charge in [0.1, 0.15) is 5.75 Å². The molecule has 0 amide bonds. The Labute approximate surface area is 156 Å². The van der Waals surface area contributed by atoms with E-state index in [0.29, 0.717) is 24.7 Å². The van der Waals surface area contributed by atoms with Crippen LogP contribution in [0.4, 0.5) is 13.2 Å². The number of guanidine groups is 1. The zero-order chi connectivity index (χ0) is 19.7. The van der Waals surface area contributed by atoms with Gasteiger partial charge in [0, 0.05) is 32.8 Å². The predicted molar refractivity (Wildman–Crippen MR) is 97.3 cm³/mol. The van der Waals surface area contributed by atoms with E-state index in [9.17, 15) is 13.2 Å². The Morgan fingerprint density at radius 3 is 2.22 bits per heavy atom. The van der Waals surface area contributed by atoms with Crippen molar-refractivity contribution in [3.05, 3.63) is 65.2 Å². The first kappa shape index (κ1) is 20.6. The highest BCUT2D eigenvalue weighted by Crippen LogP contribution is 2.26. The number of para-hydroxylation sites is 1. The first-order valence-electron chi connectivity index (χ1n) is 8.26. The molecule has 2 aromatic rings. The number of halogens is 3. The predicted octanol–water partition coefficient (Wildman–Crippen LogP) is 3.60. The van der Waals surface area contributed by atoms with E-state index in [4.69, 9.17) is 4.74 Å². The first-order chi connectivity index (χ1) is 12.9. The minimum Gasteiger partial charge on any atom is -0.405 e. The number of aliphatic imine (C=N–C) groups is 1. The van der Waals surface area contributed by atoms with Crippen LogP contribution in [-0.4, -0.2) is 26.5 Å². The van der Waals surface area contributed by atoms with Gasteiger partial charge in [-0.1, -0.05) is 42.5 Å². The molecule has 146 valence electrons. The largest absolute Gasteiger partial charge is 0.573 e. The zero-order valence-electron chi connectivity index (χ0n) is 15.1. The van der Waals surface area contributed by atoms with Crippen LogP contribution >= 0.6 is 0 Å². The molecule has 8 heteroatoms. The van der Waals surface area contributed by atoms with E-state index in [2.05, 4.69) is 20.4 Å². The molecule has 0 spiro atoms. The maximum atomic E-state index is 12.5. The smallest absolute Gasteiger partial charge is 0.405 e. The summed E-state index contributed by atoms with van der Waals surface area (Å²) in [6.07, 6.45) is -4.73. The standard InChI is InChI=1S/C19H22F3N3O2/c1-23-18(24-11-14-7-9-15(10-8-14)13-26-2)25-12-16-5-3-4-6-17(16)27-19(20,21)22/h3-10H,11-13H2,1-2H3,(H2,23,24,25). The van der Waals surface area contributed by atoms with Crippen LogP contribution in [-0.2, 0) is 24.4 Å². The van der Waals surface area contributed by atoms with E-state index in [1.54, 1.807) is 26.3 Å². The van der Waals surface area contributed by atoms with E-state index in [0.717, 1.165) is 11.1 Å². The van der Waals surface area contributed by atoms with Crippen molar-refractivity contribution < 1.29 is 22.6 Å². The summed E-state index contributed by atoms with van der Waals surface area (Å²) in [5.41, 5.74) is 2.49. The lowest BCUT2D eigenvalue weighted by atomic mass is 10.1. The number of alkyl halides is 3. The number of rotatable bonds is 7. The Kier molecular flexibility index (Phi) is 7.48. The second kappa shape index (κ2) is 9.82. The average Bonchev–Trinajstić information content (AvgIpc) is 2.63. The molecule has 0 saturated carbocycles. The van der Waals surface area contributed by atoms with Crippen molar-refractivity contribution in [2.24, 2.45) is 4.99 Å². The van der Waals surface area contributed by atoms with E-state index in [1.165, 1.54) is 12.1 Å². The van der Waals surface area contributed by atoms with Gasteiger partial charge in [-0.3, -0.25) is 4.99 Å². The third-order valence-corrected chi connectivity index (χ3v) is 3.66. The van der Waals surface area contributed by atoms with Crippen LogP contribution < -0.4 is 15.4 Å². The lowest BCUT2D eigenvalue weighted by Crippen LogP contribution is -2.36. The quantitative estimate of drug-likeness (QED) is 0.569. The minimum atomic E-state index is -4.73. The minimum absolute atomic E-state index is 0.138. The number of nitrogens with one attached hydrogen (secondary N) is 2. The fraction of sp³-hybridized carbons (Fsp3) is 0.316. The third-order valence-electron chi connectivity index (χ3n) is 3.66. The maximum Gasteiger partial charge on any atom is 0.573 e. The number of nitrogens with zero attached hydrogens (tertiary/aromatic N) is 1. The van der Waals surface area contributed by atoms with Crippen LogP contribution in [0.1, 0.15) is 16.7 Å². The molecule has 0 atom stereocenters. The number of hydrogen-bond donors (Lipinski definition) is 2. The summed E-state index contributed by atoms with van der Waals surface area (Å²) in [5.74, 6) is 0.236. The van der Waals surface area contributed by atoms with Crippen LogP contribution in [0.15, 0.2) is 53.5 Å². The van der Waals surface area contributed by atoms with Gasteiger partial charge in [0.2, 0.25) is 0 Å². The summed E-state index contributed by atoms with van der Waals surface area (Å²) >= 11 is 0. The molecule has 0 aromatic heterocycles. The molecule has 2 rings (SSSR count). The summed E-state index contributed by atoms with van der Waals surface area (Å²) in [6, 6.07) is 13.9. The molecule has 5 nitrogen and oxygen atoms in total. The Morgan fingerprint density at radius 1 is 0.963 bits per heavy atom. The number of benzene rings is 2. The van der Waals surface area contributed by atoms with Crippen molar-refractivity contribution in [2.45, 2.75) is 26.1 Å². The Hall–Kier alpha value is -2.74. The van der Waals surface area contributed by atoms with E-state index < -0.39 is 6.36 Å². The maximum absolute atomic E-state index is 12.5. The van der Waals surface area contributed by atoms with Gasteiger partial charge >= 0.3 is 6.36 Å². The zero-order valence-corrected chi connectivity index (χ0v) is 15.1. The van der Waals surface area contributed by atoms with Gasteiger partial charge in [0.15, 0.2) is 5.96 Å². The van der Waals surface area contributed by atoms with Crippen molar-refractivity contribution in [1.82, 2.24) is 10.6 Å². The summed E-state index contributed by atoms with van der Waals surface area (Å²) in [7, 11) is 3.23. The van der Waals surface area contributed by atoms with Crippen LogP contribution in [0, 0.1) is 0 Å². The molecular formula is C19H22F3N3O2. The van der Waals surface area contributed by atoms with Crippen molar-refractivity contribution in [1.29, 1.82) is 0 Å². The van der Waals surface area contributed by atoms with Crippen molar-refractivity contribution in [3.63, 3.8) is 0 Å². The molecule has 2 N–H and O–H groups in total. The summed E-state index contributed by atoms with van der Waals surface area (Å²) in [4.78, 5) is 4.08. The SMILES string of the molecule is CN=C(NCc1ccc(COC)cc1)NCc1ccccc1OC(F)(F)F. The molecule has 2 aromatic carbocycles. The molecule has 0 saturated heterocycles. The molecule has 27 heavy (non-hydrogen) atoms. The second-order valence-electron chi connectivity index (χ2n) is 5.68. The van der Waals surface area contributed by atoms with Crippen molar-refractivity contribution in [3.8, 4) is 5.75 Å². The van der Waals surface area contributed by atoms with Crippen LogP contribution in [0.5, 0.6) is 5.75 Å². The first-order valence-corrected chi connectivity index (χ1v) is 8.26.